The summed E-state index contributed by atoms with van der Waals surface area (Å²) < 4.78 is 17.0. The zero-order valence-corrected chi connectivity index (χ0v) is 47.8. The van der Waals surface area contributed by atoms with E-state index in [1.165, 1.54) is 276 Å². The van der Waals surface area contributed by atoms with Gasteiger partial charge in [0.05, 0.1) is 0 Å². The van der Waals surface area contributed by atoms with Gasteiger partial charge in [0.2, 0.25) is 0 Å². The molecule has 0 aliphatic carbocycles. The average Bonchev–Trinajstić information content (AvgIpc) is 3.36. The molecule has 0 fully saturated rings. The van der Waals surface area contributed by atoms with Gasteiger partial charge in [0.15, 0.2) is 6.10 Å². The summed E-state index contributed by atoms with van der Waals surface area (Å²) in [4.78, 5) is 38.3. The molecule has 6 heteroatoms. The number of rotatable bonds is 60. The maximum atomic E-state index is 12.9. The maximum Gasteiger partial charge on any atom is 0.306 e. The summed E-state index contributed by atoms with van der Waals surface area (Å²) in [6.07, 6.45) is 68.2. The van der Waals surface area contributed by atoms with E-state index in [0.29, 0.717) is 19.3 Å². The van der Waals surface area contributed by atoms with Crippen LogP contribution in [0.25, 0.3) is 0 Å². The van der Waals surface area contributed by atoms with Crippen molar-refractivity contribution in [3.63, 3.8) is 0 Å². The van der Waals surface area contributed by atoms with Crippen molar-refractivity contribution in [2.24, 2.45) is 0 Å². The first-order valence-corrected chi connectivity index (χ1v) is 32.0. The lowest BCUT2D eigenvalue weighted by atomic mass is 10.0. The summed E-state index contributed by atoms with van der Waals surface area (Å²) in [7, 11) is 0. The summed E-state index contributed by atoms with van der Waals surface area (Å²) >= 11 is 0. The number of hydrogen-bond donors (Lipinski definition) is 0. The van der Waals surface area contributed by atoms with Crippen LogP contribution in [0.1, 0.15) is 374 Å². The van der Waals surface area contributed by atoms with E-state index in [-0.39, 0.29) is 31.1 Å². The number of esters is 3. The van der Waals surface area contributed by atoms with Gasteiger partial charge in [-0.2, -0.15) is 0 Å². The Labute approximate surface area is 438 Å². The Morgan fingerprint density at radius 2 is 0.386 bits per heavy atom. The van der Waals surface area contributed by atoms with E-state index in [0.717, 1.165) is 57.8 Å². The smallest absolute Gasteiger partial charge is 0.306 e. The van der Waals surface area contributed by atoms with Crippen molar-refractivity contribution >= 4 is 17.9 Å². The van der Waals surface area contributed by atoms with Crippen LogP contribution >= 0.6 is 0 Å². The number of carbonyl (C=O) groups excluding carboxylic acids is 3. The summed E-state index contributed by atoms with van der Waals surface area (Å²) in [6.45, 7) is 6.73. The Morgan fingerprint density at radius 3 is 0.571 bits per heavy atom. The molecule has 0 heterocycles. The van der Waals surface area contributed by atoms with E-state index >= 15 is 0 Å². The molecule has 0 aromatic carbocycles. The van der Waals surface area contributed by atoms with Crippen molar-refractivity contribution in [2.75, 3.05) is 13.2 Å². The molecule has 1 atom stereocenters. The number of hydrogen-bond acceptors (Lipinski definition) is 6. The first kappa shape index (κ1) is 68.4. The standard InChI is InChI=1S/C64H124O6/c1-4-7-10-13-16-19-22-25-28-30-31-32-33-34-37-39-42-45-48-51-54-57-63(66)69-60-61(59-68-62(65)56-53-50-47-44-41-38-35-27-24-21-18-15-12-9-6-3)70-64(67)58-55-52-49-46-43-40-36-29-26-23-20-17-14-11-8-5-2/h61H,4-60H2,1-3H3. The lowest BCUT2D eigenvalue weighted by Crippen LogP contribution is -2.30. The number of ether oxygens (including phenoxy) is 3. The van der Waals surface area contributed by atoms with Crippen molar-refractivity contribution in [1.82, 2.24) is 0 Å². The molecule has 0 saturated carbocycles. The minimum absolute atomic E-state index is 0.0605. The Kier molecular flexibility index (Phi) is 58.6. The summed E-state index contributed by atoms with van der Waals surface area (Å²) in [5.74, 6) is -0.825. The van der Waals surface area contributed by atoms with Crippen LogP contribution in [0.4, 0.5) is 0 Å². The van der Waals surface area contributed by atoms with Crippen LogP contribution in [0.3, 0.4) is 0 Å². The molecule has 416 valence electrons. The van der Waals surface area contributed by atoms with Gasteiger partial charge in [-0.05, 0) is 19.3 Å². The molecule has 0 amide bonds. The summed E-state index contributed by atoms with van der Waals surface area (Å²) in [5.41, 5.74) is 0. The van der Waals surface area contributed by atoms with Gasteiger partial charge in [-0.3, -0.25) is 14.4 Å². The lowest BCUT2D eigenvalue weighted by Gasteiger charge is -2.18. The normalized spacial score (nSPS) is 11.9. The van der Waals surface area contributed by atoms with Gasteiger partial charge in [0, 0.05) is 19.3 Å². The van der Waals surface area contributed by atoms with Gasteiger partial charge < -0.3 is 14.2 Å². The molecule has 0 bridgehead atoms. The van der Waals surface area contributed by atoms with Crippen LogP contribution in [0.15, 0.2) is 0 Å². The van der Waals surface area contributed by atoms with Crippen LogP contribution in [0.2, 0.25) is 0 Å². The van der Waals surface area contributed by atoms with Gasteiger partial charge >= 0.3 is 17.9 Å². The van der Waals surface area contributed by atoms with Gasteiger partial charge in [0.1, 0.15) is 13.2 Å². The van der Waals surface area contributed by atoms with E-state index in [1.807, 2.05) is 0 Å². The maximum absolute atomic E-state index is 12.9. The molecule has 0 N–H and O–H groups in total. The Balaban J connectivity index is 4.25. The van der Waals surface area contributed by atoms with E-state index in [1.54, 1.807) is 0 Å². The number of unbranched alkanes of at least 4 members (excludes halogenated alkanes) is 49. The molecule has 0 aromatic rings. The van der Waals surface area contributed by atoms with E-state index in [4.69, 9.17) is 14.2 Å². The highest BCUT2D eigenvalue weighted by molar-refractivity contribution is 5.71. The quantitative estimate of drug-likeness (QED) is 0.0343. The molecule has 0 spiro atoms. The Bertz CT molecular complexity index is 1040. The highest BCUT2D eigenvalue weighted by Crippen LogP contribution is 2.19. The van der Waals surface area contributed by atoms with Crippen LogP contribution in [0.5, 0.6) is 0 Å². The molecule has 0 aliphatic rings. The van der Waals surface area contributed by atoms with Crippen molar-refractivity contribution in [3.05, 3.63) is 0 Å². The average molecular weight is 990 g/mol. The zero-order valence-electron chi connectivity index (χ0n) is 47.8. The molecular formula is C64H124O6. The molecule has 0 radical (unpaired) electrons. The second kappa shape index (κ2) is 60.0. The van der Waals surface area contributed by atoms with Crippen molar-refractivity contribution in [3.8, 4) is 0 Å². The van der Waals surface area contributed by atoms with E-state index < -0.39 is 6.10 Å². The van der Waals surface area contributed by atoms with Gasteiger partial charge in [0.25, 0.3) is 0 Å². The largest absolute Gasteiger partial charge is 0.462 e. The molecule has 0 aromatic heterocycles. The van der Waals surface area contributed by atoms with E-state index in [9.17, 15) is 14.4 Å². The molecule has 0 saturated heterocycles. The van der Waals surface area contributed by atoms with Crippen LogP contribution in [-0.4, -0.2) is 37.2 Å². The highest BCUT2D eigenvalue weighted by Gasteiger charge is 2.19. The van der Waals surface area contributed by atoms with E-state index in [2.05, 4.69) is 20.8 Å². The third-order valence-corrected chi connectivity index (χ3v) is 14.9. The molecule has 6 nitrogen and oxygen atoms in total. The molecule has 70 heavy (non-hydrogen) atoms. The fraction of sp³-hybridized carbons (Fsp3) is 0.953. The van der Waals surface area contributed by atoms with Crippen molar-refractivity contribution in [1.29, 1.82) is 0 Å². The first-order chi connectivity index (χ1) is 34.5. The summed E-state index contributed by atoms with van der Waals surface area (Å²) in [5, 5.41) is 0. The SMILES string of the molecule is CCCCCCCCCCCCCCCCCCCCCCCC(=O)OCC(COC(=O)CCCCCCCCCCCCCCCCC)OC(=O)CCCCCCCCCCCCCCCCCC. The van der Waals surface area contributed by atoms with Gasteiger partial charge in [-0.25, -0.2) is 0 Å². The van der Waals surface area contributed by atoms with Gasteiger partial charge in [-0.15, -0.1) is 0 Å². The van der Waals surface area contributed by atoms with Crippen LogP contribution in [-0.2, 0) is 28.6 Å². The highest BCUT2D eigenvalue weighted by atomic mass is 16.6. The van der Waals surface area contributed by atoms with Gasteiger partial charge in [-0.1, -0.05) is 335 Å². The van der Waals surface area contributed by atoms with Crippen molar-refractivity contribution in [2.45, 2.75) is 380 Å². The fourth-order valence-electron chi connectivity index (χ4n) is 10.0. The second-order valence-electron chi connectivity index (χ2n) is 22.1. The molecule has 0 aliphatic heterocycles. The topological polar surface area (TPSA) is 78.9 Å². The lowest BCUT2D eigenvalue weighted by molar-refractivity contribution is -0.167. The van der Waals surface area contributed by atoms with Crippen LogP contribution < -0.4 is 0 Å². The fourth-order valence-corrected chi connectivity index (χ4v) is 10.0. The molecule has 1 unspecified atom stereocenters. The molecular weight excluding hydrogens is 865 g/mol. The van der Waals surface area contributed by atoms with Crippen LogP contribution in [0, 0.1) is 0 Å². The first-order valence-electron chi connectivity index (χ1n) is 32.0. The third kappa shape index (κ3) is 57.3. The Hall–Kier alpha value is -1.59. The minimum Gasteiger partial charge on any atom is -0.462 e. The van der Waals surface area contributed by atoms with Crippen molar-refractivity contribution < 1.29 is 28.6 Å². The number of carbonyl (C=O) groups is 3. The predicted octanol–water partition coefficient (Wildman–Crippen LogP) is 21.5. The summed E-state index contributed by atoms with van der Waals surface area (Å²) in [6, 6.07) is 0. The predicted molar refractivity (Wildman–Crippen MR) is 303 cm³/mol. The minimum atomic E-state index is -0.762. The molecule has 0 rings (SSSR count). The third-order valence-electron chi connectivity index (χ3n) is 14.9. The zero-order chi connectivity index (χ0) is 50.7. The monoisotopic (exact) mass is 989 g/mol. The Morgan fingerprint density at radius 1 is 0.229 bits per heavy atom. The second-order valence-corrected chi connectivity index (χ2v) is 22.1.